The van der Waals surface area contributed by atoms with Crippen LogP contribution in [0.3, 0.4) is 0 Å². The molecule has 0 aliphatic carbocycles. The van der Waals surface area contributed by atoms with Crippen molar-refractivity contribution in [2.75, 3.05) is 13.4 Å². The van der Waals surface area contributed by atoms with Crippen molar-refractivity contribution in [3.05, 3.63) is 33.9 Å². The van der Waals surface area contributed by atoms with Gasteiger partial charge in [0.25, 0.3) is 0 Å². The number of hydrogen-bond donors (Lipinski definition) is 0. The van der Waals surface area contributed by atoms with E-state index in [0.717, 1.165) is 6.04 Å². The highest BCUT2D eigenvalue weighted by atomic mass is 28.3. The van der Waals surface area contributed by atoms with E-state index < -0.39 is 13.0 Å². The molecule has 0 N–H and O–H groups in total. The fourth-order valence-electron chi connectivity index (χ4n) is 1.41. The summed E-state index contributed by atoms with van der Waals surface area (Å²) in [5.41, 5.74) is 0.00657. The van der Waals surface area contributed by atoms with E-state index in [-0.39, 0.29) is 23.8 Å². The first kappa shape index (κ1) is 16.3. The maximum absolute atomic E-state index is 10.9. The lowest BCUT2D eigenvalue weighted by atomic mass is 10.2. The lowest BCUT2D eigenvalue weighted by Gasteiger charge is -2.15. The third kappa shape index (κ3) is 5.50. The standard InChI is InChI=1S/C13H19NO5Si/c1-20(2,3)7-6-18-10-19-13-5-4-11(9-15)8-12(13)14(16)17/h4-5,8-9H,6-7,10H2,1-3H3. The first-order chi connectivity index (χ1) is 9.33. The quantitative estimate of drug-likeness (QED) is 0.184. The largest absolute Gasteiger partial charge is 0.460 e. The second-order valence-corrected chi connectivity index (χ2v) is 11.2. The summed E-state index contributed by atoms with van der Waals surface area (Å²) < 4.78 is 10.6. The number of ether oxygens (including phenoxy) is 2. The zero-order chi connectivity index (χ0) is 15.2. The Labute approximate surface area is 118 Å². The van der Waals surface area contributed by atoms with Crippen LogP contribution in [0.4, 0.5) is 5.69 Å². The predicted octanol–water partition coefficient (Wildman–Crippen LogP) is 3.10. The molecule has 0 aliphatic heterocycles. The molecule has 0 amide bonds. The molecule has 6 nitrogen and oxygen atoms in total. The molecular weight excluding hydrogens is 278 g/mol. The van der Waals surface area contributed by atoms with Crippen LogP contribution in [-0.4, -0.2) is 32.7 Å². The monoisotopic (exact) mass is 297 g/mol. The van der Waals surface area contributed by atoms with Crippen molar-refractivity contribution in [3.8, 4) is 5.75 Å². The highest BCUT2D eigenvalue weighted by Gasteiger charge is 2.16. The second-order valence-electron chi connectivity index (χ2n) is 5.58. The van der Waals surface area contributed by atoms with Gasteiger partial charge in [-0.05, 0) is 18.2 Å². The summed E-state index contributed by atoms with van der Waals surface area (Å²) in [5.74, 6) is 0.105. The van der Waals surface area contributed by atoms with E-state index in [1.54, 1.807) is 0 Å². The molecule has 20 heavy (non-hydrogen) atoms. The number of aldehydes is 1. The van der Waals surface area contributed by atoms with Gasteiger partial charge in [-0.15, -0.1) is 0 Å². The van der Waals surface area contributed by atoms with Gasteiger partial charge in [-0.3, -0.25) is 14.9 Å². The fourth-order valence-corrected chi connectivity index (χ4v) is 2.17. The molecule has 1 aromatic rings. The number of carbonyl (C=O) groups excluding carboxylic acids is 1. The predicted molar refractivity (Wildman–Crippen MR) is 78.1 cm³/mol. The van der Waals surface area contributed by atoms with Crippen molar-refractivity contribution >= 4 is 20.0 Å². The van der Waals surface area contributed by atoms with Gasteiger partial charge in [0, 0.05) is 26.3 Å². The van der Waals surface area contributed by atoms with Crippen molar-refractivity contribution in [2.45, 2.75) is 25.7 Å². The Morgan fingerprint density at radius 3 is 2.60 bits per heavy atom. The van der Waals surface area contributed by atoms with Crippen LogP contribution in [0.25, 0.3) is 0 Å². The van der Waals surface area contributed by atoms with Crippen molar-refractivity contribution in [1.82, 2.24) is 0 Å². The van der Waals surface area contributed by atoms with Gasteiger partial charge in [0.05, 0.1) is 4.92 Å². The van der Waals surface area contributed by atoms with Gasteiger partial charge >= 0.3 is 5.69 Å². The van der Waals surface area contributed by atoms with Crippen LogP contribution >= 0.6 is 0 Å². The zero-order valence-corrected chi connectivity index (χ0v) is 12.9. The summed E-state index contributed by atoms with van der Waals surface area (Å²) in [6, 6.07) is 5.06. The molecule has 0 unspecified atom stereocenters. The first-order valence-electron chi connectivity index (χ1n) is 6.27. The minimum Gasteiger partial charge on any atom is -0.460 e. The van der Waals surface area contributed by atoms with E-state index in [1.165, 1.54) is 18.2 Å². The lowest BCUT2D eigenvalue weighted by molar-refractivity contribution is -0.386. The normalized spacial score (nSPS) is 11.2. The SMILES string of the molecule is C[Si](C)(C)CCOCOc1ccc(C=O)cc1[N+](=O)[O-]. The molecule has 0 heterocycles. The maximum Gasteiger partial charge on any atom is 0.311 e. The zero-order valence-electron chi connectivity index (χ0n) is 11.9. The lowest BCUT2D eigenvalue weighted by Crippen LogP contribution is -2.22. The molecule has 0 atom stereocenters. The van der Waals surface area contributed by atoms with Gasteiger partial charge in [0.2, 0.25) is 0 Å². The third-order valence-corrected chi connectivity index (χ3v) is 4.31. The van der Waals surface area contributed by atoms with Crippen LogP contribution in [0.15, 0.2) is 18.2 Å². The van der Waals surface area contributed by atoms with E-state index >= 15 is 0 Å². The van der Waals surface area contributed by atoms with Gasteiger partial charge in [-0.2, -0.15) is 0 Å². The Morgan fingerprint density at radius 2 is 2.05 bits per heavy atom. The summed E-state index contributed by atoms with van der Waals surface area (Å²) in [4.78, 5) is 20.9. The highest BCUT2D eigenvalue weighted by Crippen LogP contribution is 2.27. The molecule has 110 valence electrons. The summed E-state index contributed by atoms with van der Waals surface area (Å²) in [7, 11) is -1.16. The van der Waals surface area contributed by atoms with Crippen molar-refractivity contribution < 1.29 is 19.2 Å². The van der Waals surface area contributed by atoms with Crippen LogP contribution in [0, 0.1) is 10.1 Å². The van der Waals surface area contributed by atoms with E-state index in [1.807, 2.05) is 0 Å². The molecule has 0 fully saturated rings. The number of nitrogens with zero attached hydrogens (tertiary/aromatic N) is 1. The van der Waals surface area contributed by atoms with Crippen LogP contribution in [-0.2, 0) is 4.74 Å². The van der Waals surface area contributed by atoms with Crippen LogP contribution in [0.5, 0.6) is 5.75 Å². The van der Waals surface area contributed by atoms with Gasteiger partial charge in [0.15, 0.2) is 12.5 Å². The molecule has 0 aromatic heterocycles. The number of carbonyl (C=O) groups is 1. The average molecular weight is 297 g/mol. The molecule has 0 radical (unpaired) electrons. The van der Waals surface area contributed by atoms with E-state index in [4.69, 9.17) is 9.47 Å². The smallest absolute Gasteiger partial charge is 0.311 e. The molecule has 0 saturated carbocycles. The van der Waals surface area contributed by atoms with Gasteiger partial charge in [0.1, 0.15) is 6.29 Å². The Hall–Kier alpha value is -1.73. The van der Waals surface area contributed by atoms with Crippen molar-refractivity contribution in [2.24, 2.45) is 0 Å². The minimum atomic E-state index is -1.16. The molecular formula is C13H19NO5Si. The summed E-state index contributed by atoms with van der Waals surface area (Å²) >= 11 is 0. The third-order valence-electron chi connectivity index (χ3n) is 2.61. The van der Waals surface area contributed by atoms with Gasteiger partial charge < -0.3 is 9.47 Å². The Bertz CT molecular complexity index is 484. The molecule has 0 spiro atoms. The summed E-state index contributed by atoms with van der Waals surface area (Å²) in [6.07, 6.45) is 0.557. The molecule has 1 aromatic carbocycles. The average Bonchev–Trinajstić information content (AvgIpc) is 2.37. The van der Waals surface area contributed by atoms with Crippen LogP contribution < -0.4 is 4.74 Å². The topological polar surface area (TPSA) is 78.7 Å². The molecule has 0 bridgehead atoms. The molecule has 7 heteroatoms. The Kier molecular flexibility index (Phi) is 5.84. The van der Waals surface area contributed by atoms with Gasteiger partial charge in [-0.25, -0.2) is 0 Å². The fraction of sp³-hybridized carbons (Fsp3) is 0.462. The summed E-state index contributed by atoms with van der Waals surface area (Å²) in [5, 5.41) is 10.9. The molecule has 1 rings (SSSR count). The molecule has 0 saturated heterocycles. The maximum atomic E-state index is 10.9. The number of rotatable bonds is 8. The number of nitro groups is 1. The van der Waals surface area contributed by atoms with Crippen LogP contribution in [0.1, 0.15) is 10.4 Å². The molecule has 0 aliphatic rings. The Morgan fingerprint density at radius 1 is 1.35 bits per heavy atom. The van der Waals surface area contributed by atoms with Crippen LogP contribution in [0.2, 0.25) is 25.7 Å². The van der Waals surface area contributed by atoms with Gasteiger partial charge in [-0.1, -0.05) is 19.6 Å². The highest BCUT2D eigenvalue weighted by molar-refractivity contribution is 6.76. The minimum absolute atomic E-state index is 0.0360. The van der Waals surface area contributed by atoms with E-state index in [9.17, 15) is 14.9 Å². The van der Waals surface area contributed by atoms with E-state index in [2.05, 4.69) is 19.6 Å². The Balaban J connectivity index is 2.55. The first-order valence-corrected chi connectivity index (χ1v) is 9.98. The number of nitro benzene ring substituents is 1. The van der Waals surface area contributed by atoms with Crippen molar-refractivity contribution in [1.29, 1.82) is 0 Å². The van der Waals surface area contributed by atoms with Crippen molar-refractivity contribution in [3.63, 3.8) is 0 Å². The number of hydrogen-bond acceptors (Lipinski definition) is 5. The second kappa shape index (κ2) is 7.16. The summed E-state index contributed by atoms with van der Waals surface area (Å²) in [6.45, 7) is 7.25. The number of benzene rings is 1. The van der Waals surface area contributed by atoms with E-state index in [0.29, 0.717) is 12.9 Å².